The number of nitrogens with zero attached hydrogens (tertiary/aromatic N) is 2. The highest BCUT2D eigenvalue weighted by Crippen LogP contribution is 2.12. The van der Waals surface area contributed by atoms with E-state index in [1.54, 1.807) is 60.7 Å². The second-order valence-corrected chi connectivity index (χ2v) is 17.0. The van der Waals surface area contributed by atoms with Crippen molar-refractivity contribution >= 4 is 65.0 Å². The fourth-order valence-corrected chi connectivity index (χ4v) is 7.37. The smallest absolute Gasteiger partial charge is 0.245 e. The molecule has 1 saturated heterocycles. The zero-order chi connectivity index (χ0) is 47.0. The van der Waals surface area contributed by atoms with E-state index in [-0.39, 0.29) is 76.5 Å². The summed E-state index contributed by atoms with van der Waals surface area (Å²) < 4.78 is 0. The molecule has 0 saturated carbocycles. The van der Waals surface area contributed by atoms with Crippen LogP contribution in [0.4, 0.5) is 0 Å². The molecule has 3 rings (SSSR count). The van der Waals surface area contributed by atoms with Crippen LogP contribution in [0.1, 0.15) is 69.9 Å². The maximum absolute atomic E-state index is 14.8. The van der Waals surface area contributed by atoms with Crippen molar-refractivity contribution < 1.29 is 38.4 Å². The minimum atomic E-state index is -1.26. The van der Waals surface area contributed by atoms with Gasteiger partial charge in [-0.1, -0.05) is 74.5 Å². The van der Waals surface area contributed by atoms with Crippen LogP contribution in [0, 0.1) is 5.92 Å². The summed E-state index contributed by atoms with van der Waals surface area (Å²) in [6.07, 6.45) is 2.49. The van der Waals surface area contributed by atoms with Crippen molar-refractivity contribution in [3.63, 3.8) is 0 Å². The molecule has 0 radical (unpaired) electrons. The van der Waals surface area contributed by atoms with Crippen LogP contribution in [-0.4, -0.2) is 127 Å². The lowest BCUT2D eigenvalue weighted by Gasteiger charge is -2.30. The van der Waals surface area contributed by atoms with Gasteiger partial charge in [-0.15, -0.1) is 0 Å². The number of hydrogen-bond donors (Lipinski definition) is 9. The van der Waals surface area contributed by atoms with E-state index in [9.17, 15) is 38.4 Å². The Hall–Kier alpha value is -6.18. The number of nitrogens with two attached hydrogens (primary N) is 3. The third-order valence-electron chi connectivity index (χ3n) is 10.2. The second-order valence-electron chi connectivity index (χ2n) is 16.0. The SMILES string of the molecule is CSCC[C@H](NC(=O)[C@H](CC(C)C)NC(=O)CN1CCCNC(=O)CCC(=O)N[C@@H](CCCN=C(N)N)C(=O)N[C@@H](Cc2ccccc2)C(=O)N[C@@H](Cc2ccccc2)C1=O)C(N)=O. The number of thioether (sulfide) groups is 1. The molecular formula is C44H65N11O8S. The fraction of sp³-hybridized carbons (Fsp3) is 0.523. The minimum Gasteiger partial charge on any atom is -0.370 e. The van der Waals surface area contributed by atoms with Gasteiger partial charge in [0.1, 0.15) is 30.2 Å². The van der Waals surface area contributed by atoms with Gasteiger partial charge >= 0.3 is 0 Å². The molecule has 12 N–H and O–H groups in total. The first-order valence-electron chi connectivity index (χ1n) is 21.5. The molecule has 0 aliphatic carbocycles. The van der Waals surface area contributed by atoms with Crippen LogP contribution >= 0.6 is 11.8 Å². The lowest BCUT2D eigenvalue weighted by Crippen LogP contribution is -2.59. The molecule has 64 heavy (non-hydrogen) atoms. The summed E-state index contributed by atoms with van der Waals surface area (Å²) in [6.45, 7) is 3.37. The van der Waals surface area contributed by atoms with E-state index in [1.165, 1.54) is 16.7 Å². The Kier molecular flexibility index (Phi) is 22.6. The van der Waals surface area contributed by atoms with E-state index in [2.05, 4.69) is 36.9 Å². The molecule has 1 fully saturated rings. The van der Waals surface area contributed by atoms with E-state index >= 15 is 0 Å². The summed E-state index contributed by atoms with van der Waals surface area (Å²) in [6, 6.07) is 12.2. The van der Waals surface area contributed by atoms with Crippen molar-refractivity contribution in [3.05, 3.63) is 71.8 Å². The average molecular weight is 908 g/mol. The van der Waals surface area contributed by atoms with Gasteiger partial charge in [-0.3, -0.25) is 43.3 Å². The lowest BCUT2D eigenvalue weighted by molar-refractivity contribution is -0.141. The number of benzene rings is 2. The Morgan fingerprint density at radius 3 is 1.98 bits per heavy atom. The summed E-state index contributed by atoms with van der Waals surface area (Å²) in [5, 5.41) is 16.4. The van der Waals surface area contributed by atoms with E-state index in [0.29, 0.717) is 29.7 Å². The molecule has 0 spiro atoms. The molecule has 20 heteroatoms. The second kappa shape index (κ2) is 27.8. The van der Waals surface area contributed by atoms with Gasteiger partial charge in [-0.05, 0) is 61.2 Å². The van der Waals surface area contributed by atoms with Crippen LogP contribution in [0.3, 0.4) is 0 Å². The Bertz CT molecular complexity index is 1900. The standard InChI is InChI=1S/C44H65N11O8S/c1-28(2)24-33(41(61)52-31(39(45)59)19-23-64-3)51-38(58)27-55-22-11-21-48-36(56)17-18-37(57)50-32(16-10-20-49-44(46)47)40(60)53-34(25-29-12-6-4-7-13-29)42(62)54-35(43(55)63)26-30-14-8-5-9-15-30/h4-9,12-15,28,31-35H,10-11,16-27H2,1-3H3,(H2,45,59)(H,48,56)(H,50,57)(H,51,58)(H,52,61)(H,53,60)(H,54,62)(H4,46,47,49)/t31-,32-,33-,34-,35-/m0/s1. The zero-order valence-corrected chi connectivity index (χ0v) is 37.8. The summed E-state index contributed by atoms with van der Waals surface area (Å²) in [5.74, 6) is -4.68. The Morgan fingerprint density at radius 1 is 0.797 bits per heavy atom. The largest absolute Gasteiger partial charge is 0.370 e. The van der Waals surface area contributed by atoms with Crippen molar-refractivity contribution in [1.82, 2.24) is 36.8 Å². The Morgan fingerprint density at radius 2 is 1.39 bits per heavy atom. The lowest BCUT2D eigenvalue weighted by atomic mass is 10.0. The number of carbonyl (C=O) groups is 8. The van der Waals surface area contributed by atoms with Crippen LogP contribution in [0.15, 0.2) is 65.7 Å². The van der Waals surface area contributed by atoms with Gasteiger partial charge in [0.05, 0.1) is 6.54 Å². The van der Waals surface area contributed by atoms with E-state index in [1.807, 2.05) is 20.1 Å². The number of hydrogen-bond acceptors (Lipinski definition) is 10. The number of aliphatic imine (C=N–C) groups is 1. The van der Waals surface area contributed by atoms with Crippen molar-refractivity contribution in [1.29, 1.82) is 0 Å². The first-order chi connectivity index (χ1) is 30.6. The molecule has 5 atom stereocenters. The zero-order valence-electron chi connectivity index (χ0n) is 36.9. The van der Waals surface area contributed by atoms with Crippen molar-refractivity contribution in [2.45, 2.75) is 102 Å². The van der Waals surface area contributed by atoms with Gasteiger partial charge < -0.3 is 54.0 Å². The molecule has 0 bridgehead atoms. The molecule has 19 nitrogen and oxygen atoms in total. The van der Waals surface area contributed by atoms with Crippen molar-refractivity contribution in [2.24, 2.45) is 28.1 Å². The molecule has 1 heterocycles. The average Bonchev–Trinajstić information content (AvgIpc) is 3.25. The maximum Gasteiger partial charge on any atom is 0.245 e. The van der Waals surface area contributed by atoms with E-state index in [0.717, 1.165) is 0 Å². The third kappa shape index (κ3) is 19.5. The van der Waals surface area contributed by atoms with E-state index in [4.69, 9.17) is 17.2 Å². The highest BCUT2D eigenvalue weighted by atomic mass is 32.2. The first kappa shape index (κ1) is 52.2. The summed E-state index contributed by atoms with van der Waals surface area (Å²) >= 11 is 1.48. The topological polar surface area (TPSA) is 302 Å². The van der Waals surface area contributed by atoms with Gasteiger partial charge in [0.15, 0.2) is 5.96 Å². The third-order valence-corrected chi connectivity index (χ3v) is 10.8. The number of guanidine groups is 1. The number of nitrogens with one attached hydrogen (secondary N) is 6. The van der Waals surface area contributed by atoms with Gasteiger partial charge in [0.2, 0.25) is 47.3 Å². The summed E-state index contributed by atoms with van der Waals surface area (Å²) in [4.78, 5) is 114. The van der Waals surface area contributed by atoms with E-state index < -0.39 is 84.0 Å². The molecule has 0 aromatic heterocycles. The number of primary amides is 1. The molecule has 1 aliphatic rings. The van der Waals surface area contributed by atoms with Crippen LogP contribution in [-0.2, 0) is 51.2 Å². The summed E-state index contributed by atoms with van der Waals surface area (Å²) in [5.41, 5.74) is 17.9. The molecule has 1 aliphatic heterocycles. The van der Waals surface area contributed by atoms with Crippen LogP contribution < -0.4 is 49.1 Å². The maximum atomic E-state index is 14.8. The number of rotatable bonds is 19. The molecule has 0 unspecified atom stereocenters. The number of carbonyl (C=O) groups excluding carboxylic acids is 8. The highest BCUT2D eigenvalue weighted by molar-refractivity contribution is 7.98. The van der Waals surface area contributed by atoms with Gasteiger partial charge in [0.25, 0.3) is 0 Å². The van der Waals surface area contributed by atoms with Crippen LogP contribution in [0.5, 0.6) is 0 Å². The highest BCUT2D eigenvalue weighted by Gasteiger charge is 2.34. The predicted molar refractivity (Wildman–Crippen MR) is 245 cm³/mol. The monoisotopic (exact) mass is 907 g/mol. The van der Waals surface area contributed by atoms with Crippen LogP contribution in [0.2, 0.25) is 0 Å². The van der Waals surface area contributed by atoms with Crippen molar-refractivity contribution in [2.75, 3.05) is 38.2 Å². The van der Waals surface area contributed by atoms with Crippen LogP contribution in [0.25, 0.3) is 0 Å². The van der Waals surface area contributed by atoms with Crippen molar-refractivity contribution in [3.8, 4) is 0 Å². The quantitative estimate of drug-likeness (QED) is 0.0486. The normalized spacial score (nSPS) is 19.1. The molecule has 8 amide bonds. The predicted octanol–water partition coefficient (Wildman–Crippen LogP) is -0.637. The van der Waals surface area contributed by atoms with Gasteiger partial charge in [-0.25, -0.2) is 0 Å². The Balaban J connectivity index is 2.02. The summed E-state index contributed by atoms with van der Waals surface area (Å²) in [7, 11) is 0. The van der Waals surface area contributed by atoms with Gasteiger partial charge in [-0.2, -0.15) is 11.8 Å². The minimum absolute atomic E-state index is 0.00131. The molecule has 350 valence electrons. The molecular weight excluding hydrogens is 843 g/mol. The van der Waals surface area contributed by atoms with Gasteiger partial charge in [0, 0.05) is 45.3 Å². The first-order valence-corrected chi connectivity index (χ1v) is 22.9. The molecule has 2 aromatic carbocycles. The number of amides is 8. The molecule has 2 aromatic rings. The Labute approximate surface area is 379 Å². The fourth-order valence-electron chi connectivity index (χ4n) is 6.90.